The maximum absolute atomic E-state index is 10.7. The van der Waals surface area contributed by atoms with E-state index in [9.17, 15) is 10.1 Å². The second kappa shape index (κ2) is 8.00. The summed E-state index contributed by atoms with van der Waals surface area (Å²) < 4.78 is 0. The number of hydrogen-bond acceptors (Lipinski definition) is 6. The van der Waals surface area contributed by atoms with Crippen molar-refractivity contribution in [2.75, 3.05) is 0 Å². The van der Waals surface area contributed by atoms with Crippen LogP contribution in [0.25, 0.3) is 0 Å². The van der Waals surface area contributed by atoms with Gasteiger partial charge in [-0.2, -0.15) is 0 Å². The molecule has 0 saturated heterocycles. The van der Waals surface area contributed by atoms with E-state index < -0.39 is 4.92 Å². The van der Waals surface area contributed by atoms with Crippen molar-refractivity contribution in [3.05, 3.63) is 74.2 Å². The number of thiazole rings is 1. The highest BCUT2D eigenvalue weighted by molar-refractivity contribution is 7.09. The summed E-state index contributed by atoms with van der Waals surface area (Å²) in [7, 11) is 0. The number of non-ortho nitro benzene ring substituents is 1. The third kappa shape index (κ3) is 4.38. The number of aromatic amines is 1. The van der Waals surface area contributed by atoms with Gasteiger partial charge in [-0.15, -0.1) is 23.7 Å². The van der Waals surface area contributed by atoms with E-state index in [0.29, 0.717) is 12.8 Å². The van der Waals surface area contributed by atoms with Crippen LogP contribution in [0, 0.1) is 10.1 Å². The molecular weight excluding hydrogens is 350 g/mol. The molecule has 126 valence electrons. The SMILES string of the molecule is Cl.NC(Cc1ccc([N+](=O)[O-])cc1)c1csc(Cc2cnc[nH]2)n1. The minimum atomic E-state index is -0.411. The van der Waals surface area contributed by atoms with Crippen molar-refractivity contribution in [3.63, 3.8) is 0 Å². The van der Waals surface area contributed by atoms with Crippen LogP contribution in [0.4, 0.5) is 5.69 Å². The summed E-state index contributed by atoms with van der Waals surface area (Å²) in [4.78, 5) is 21.8. The smallest absolute Gasteiger partial charge is 0.269 e. The Bertz CT molecular complexity index is 789. The monoisotopic (exact) mass is 365 g/mol. The number of nitrogens with two attached hydrogens (primary N) is 1. The van der Waals surface area contributed by atoms with Crippen molar-refractivity contribution in [1.29, 1.82) is 0 Å². The lowest BCUT2D eigenvalue weighted by molar-refractivity contribution is -0.384. The quantitative estimate of drug-likeness (QED) is 0.515. The Morgan fingerprint density at radius 3 is 2.71 bits per heavy atom. The Morgan fingerprint density at radius 1 is 1.33 bits per heavy atom. The molecule has 1 unspecified atom stereocenters. The number of rotatable bonds is 6. The van der Waals surface area contributed by atoms with Gasteiger partial charge in [0.15, 0.2) is 0 Å². The van der Waals surface area contributed by atoms with E-state index in [1.165, 1.54) is 12.1 Å². The van der Waals surface area contributed by atoms with Gasteiger partial charge in [-0.05, 0) is 12.0 Å². The van der Waals surface area contributed by atoms with Crippen LogP contribution in [0.1, 0.15) is 28.0 Å². The van der Waals surface area contributed by atoms with Gasteiger partial charge in [0.2, 0.25) is 0 Å². The molecule has 0 aliphatic rings. The summed E-state index contributed by atoms with van der Waals surface area (Å²) in [5.74, 6) is 0. The van der Waals surface area contributed by atoms with Crippen LogP contribution in [-0.2, 0) is 12.8 Å². The van der Waals surface area contributed by atoms with Gasteiger partial charge in [-0.1, -0.05) is 12.1 Å². The van der Waals surface area contributed by atoms with E-state index in [1.807, 2.05) is 5.38 Å². The van der Waals surface area contributed by atoms with Crippen LogP contribution < -0.4 is 5.73 Å². The third-order valence-corrected chi connectivity index (χ3v) is 4.32. The fourth-order valence-corrected chi connectivity index (χ4v) is 3.11. The number of nitro benzene ring substituents is 1. The van der Waals surface area contributed by atoms with Gasteiger partial charge in [0.05, 0.1) is 28.0 Å². The molecule has 0 bridgehead atoms. The van der Waals surface area contributed by atoms with Gasteiger partial charge in [-0.3, -0.25) is 10.1 Å². The normalized spacial score (nSPS) is 11.7. The zero-order valence-corrected chi connectivity index (χ0v) is 14.2. The predicted molar refractivity (Wildman–Crippen MR) is 94.5 cm³/mol. The van der Waals surface area contributed by atoms with Gasteiger partial charge in [0, 0.05) is 35.8 Å². The highest BCUT2D eigenvalue weighted by atomic mass is 35.5. The largest absolute Gasteiger partial charge is 0.348 e. The fraction of sp³-hybridized carbons (Fsp3) is 0.200. The molecular formula is C15H16ClN5O2S. The van der Waals surface area contributed by atoms with Crippen molar-refractivity contribution >= 4 is 29.4 Å². The van der Waals surface area contributed by atoms with Gasteiger partial charge in [0.1, 0.15) is 0 Å². The van der Waals surface area contributed by atoms with Crippen molar-refractivity contribution in [3.8, 4) is 0 Å². The number of nitrogens with zero attached hydrogens (tertiary/aromatic N) is 3. The van der Waals surface area contributed by atoms with Crippen LogP contribution in [0.2, 0.25) is 0 Å². The number of hydrogen-bond donors (Lipinski definition) is 2. The predicted octanol–water partition coefficient (Wildman–Crippen LogP) is 3.03. The molecule has 7 nitrogen and oxygen atoms in total. The first kappa shape index (κ1) is 18.1. The maximum Gasteiger partial charge on any atom is 0.269 e. The molecule has 0 spiro atoms. The fourth-order valence-electron chi connectivity index (χ4n) is 2.23. The van der Waals surface area contributed by atoms with Gasteiger partial charge in [0.25, 0.3) is 5.69 Å². The Labute approximate surface area is 148 Å². The zero-order valence-electron chi connectivity index (χ0n) is 12.6. The molecule has 3 N–H and O–H groups in total. The Hall–Kier alpha value is -2.29. The van der Waals surface area contributed by atoms with Crippen molar-refractivity contribution in [2.45, 2.75) is 18.9 Å². The Morgan fingerprint density at radius 2 is 2.08 bits per heavy atom. The molecule has 1 aromatic carbocycles. The minimum absolute atomic E-state index is 0. The molecule has 0 aliphatic heterocycles. The summed E-state index contributed by atoms with van der Waals surface area (Å²) >= 11 is 1.56. The highest BCUT2D eigenvalue weighted by Gasteiger charge is 2.13. The second-order valence-corrected chi connectivity index (χ2v) is 6.10. The van der Waals surface area contributed by atoms with Crippen LogP contribution >= 0.6 is 23.7 Å². The standard InChI is InChI=1S/C15H15N5O2S.ClH/c16-13(5-10-1-3-12(4-2-10)20(21)22)14-8-23-15(19-14)6-11-7-17-9-18-11;/h1-4,7-9,13H,5-6,16H2,(H,17,18);1H. The zero-order chi connectivity index (χ0) is 16.2. The van der Waals surface area contributed by atoms with Gasteiger partial charge >= 0.3 is 0 Å². The van der Waals surface area contributed by atoms with E-state index in [4.69, 9.17) is 5.73 Å². The number of aromatic nitrogens is 3. The topological polar surface area (TPSA) is 111 Å². The lowest BCUT2D eigenvalue weighted by Gasteiger charge is -2.08. The van der Waals surface area contributed by atoms with Crippen molar-refractivity contribution in [1.82, 2.24) is 15.0 Å². The average molecular weight is 366 g/mol. The number of nitrogens with one attached hydrogen (secondary N) is 1. The molecule has 1 atom stereocenters. The maximum atomic E-state index is 10.7. The molecule has 2 heterocycles. The first-order chi connectivity index (χ1) is 11.1. The van der Waals surface area contributed by atoms with Crippen LogP contribution in [-0.4, -0.2) is 19.9 Å². The summed E-state index contributed by atoms with van der Waals surface area (Å²) in [6.07, 6.45) is 4.71. The molecule has 2 aromatic heterocycles. The lowest BCUT2D eigenvalue weighted by Crippen LogP contribution is -2.14. The third-order valence-electron chi connectivity index (χ3n) is 3.45. The molecule has 0 radical (unpaired) electrons. The summed E-state index contributed by atoms with van der Waals surface area (Å²) in [5, 5.41) is 13.6. The van der Waals surface area contributed by atoms with E-state index in [-0.39, 0.29) is 24.1 Å². The van der Waals surface area contributed by atoms with Crippen LogP contribution in [0.3, 0.4) is 0 Å². The van der Waals surface area contributed by atoms with Crippen LogP contribution in [0.5, 0.6) is 0 Å². The van der Waals surface area contributed by atoms with E-state index in [0.717, 1.165) is 22.0 Å². The number of benzene rings is 1. The van der Waals surface area contributed by atoms with Crippen molar-refractivity contribution in [2.24, 2.45) is 5.73 Å². The average Bonchev–Trinajstić information content (AvgIpc) is 3.20. The summed E-state index contributed by atoms with van der Waals surface area (Å²) in [6, 6.07) is 6.22. The highest BCUT2D eigenvalue weighted by Crippen LogP contribution is 2.21. The first-order valence-corrected chi connectivity index (χ1v) is 7.90. The molecule has 0 saturated carbocycles. The second-order valence-electron chi connectivity index (χ2n) is 5.15. The number of H-pyrrole nitrogens is 1. The number of halogens is 1. The van der Waals surface area contributed by atoms with Crippen molar-refractivity contribution < 1.29 is 4.92 Å². The lowest BCUT2D eigenvalue weighted by atomic mass is 10.0. The summed E-state index contributed by atoms with van der Waals surface area (Å²) in [6.45, 7) is 0. The molecule has 9 heteroatoms. The number of nitro groups is 1. The van der Waals surface area contributed by atoms with Gasteiger partial charge < -0.3 is 10.7 Å². The molecule has 3 rings (SSSR count). The first-order valence-electron chi connectivity index (χ1n) is 7.02. The molecule has 0 aliphatic carbocycles. The molecule has 3 aromatic rings. The van der Waals surface area contributed by atoms with Gasteiger partial charge in [-0.25, -0.2) is 9.97 Å². The van der Waals surface area contributed by atoms with Crippen LogP contribution in [0.15, 0.2) is 42.2 Å². The minimum Gasteiger partial charge on any atom is -0.348 e. The van der Waals surface area contributed by atoms with E-state index >= 15 is 0 Å². The molecule has 24 heavy (non-hydrogen) atoms. The Kier molecular flexibility index (Phi) is 6.02. The van der Waals surface area contributed by atoms with E-state index in [1.54, 1.807) is 36.0 Å². The summed E-state index contributed by atoms with van der Waals surface area (Å²) in [5.41, 5.74) is 9.08. The molecule has 0 amide bonds. The Balaban J connectivity index is 0.00000208. The number of imidazole rings is 1. The van der Waals surface area contributed by atoms with E-state index in [2.05, 4.69) is 15.0 Å². The molecule has 0 fully saturated rings.